The summed E-state index contributed by atoms with van der Waals surface area (Å²) in [6.45, 7) is 0. The standard InChI is InChI=1S/C55H35N7/c1-5-17-36(18-6-1)46-35-51(57-52(56-46)37-19-7-2-8-20-37)61-47-27-15-13-25-42(47)44-31-29-40(33-49(44)61)41-30-32-45-43-26-14-16-28-48(43)62(50(45)34-41)55-59-53(38-21-9-3-10-22-38)58-54(60-55)39-23-11-4-12-24-39/h1-35H. The van der Waals surface area contributed by atoms with Crippen LogP contribution in [0.1, 0.15) is 0 Å². The molecular formula is C55H35N7. The molecule has 7 heteroatoms. The summed E-state index contributed by atoms with van der Waals surface area (Å²) in [5, 5.41) is 4.54. The van der Waals surface area contributed by atoms with Gasteiger partial charge in [0.25, 0.3) is 0 Å². The van der Waals surface area contributed by atoms with Crippen molar-refractivity contribution in [2.24, 2.45) is 0 Å². The third-order valence-corrected chi connectivity index (χ3v) is 11.6. The number of fused-ring (bicyclic) bond motifs is 6. The normalized spacial score (nSPS) is 11.5. The van der Waals surface area contributed by atoms with Crippen molar-refractivity contribution in [3.63, 3.8) is 0 Å². The fourth-order valence-electron chi connectivity index (χ4n) is 8.68. The minimum atomic E-state index is 0.559. The molecule has 0 unspecified atom stereocenters. The molecule has 4 heterocycles. The van der Waals surface area contributed by atoms with E-state index in [9.17, 15) is 0 Å². The number of para-hydroxylation sites is 2. The number of benzene rings is 8. The maximum atomic E-state index is 5.27. The Kier molecular flexibility index (Phi) is 8.35. The van der Waals surface area contributed by atoms with E-state index in [0.29, 0.717) is 23.4 Å². The van der Waals surface area contributed by atoms with Crippen LogP contribution in [0.3, 0.4) is 0 Å². The van der Waals surface area contributed by atoms with E-state index in [1.165, 1.54) is 0 Å². The predicted octanol–water partition coefficient (Wildman–Crippen LogP) is 13.2. The summed E-state index contributed by atoms with van der Waals surface area (Å²) in [4.78, 5) is 25.7. The highest BCUT2D eigenvalue weighted by molar-refractivity contribution is 6.12. The van der Waals surface area contributed by atoms with Gasteiger partial charge in [0.15, 0.2) is 17.5 Å². The Morgan fingerprint density at radius 1 is 0.258 bits per heavy atom. The molecule has 0 aliphatic heterocycles. The summed E-state index contributed by atoms with van der Waals surface area (Å²) < 4.78 is 4.46. The fraction of sp³-hybridized carbons (Fsp3) is 0. The quantitative estimate of drug-likeness (QED) is 0.161. The van der Waals surface area contributed by atoms with Crippen molar-refractivity contribution < 1.29 is 0 Å². The number of rotatable bonds is 7. The molecule has 0 bridgehead atoms. The van der Waals surface area contributed by atoms with Crippen LogP contribution in [-0.2, 0) is 0 Å². The first kappa shape index (κ1) is 35.4. The van der Waals surface area contributed by atoms with Crippen molar-refractivity contribution in [1.29, 1.82) is 0 Å². The summed E-state index contributed by atoms with van der Waals surface area (Å²) in [6.07, 6.45) is 0. The topological polar surface area (TPSA) is 74.3 Å². The van der Waals surface area contributed by atoms with Gasteiger partial charge in [0, 0.05) is 49.9 Å². The Labute approximate surface area is 356 Å². The highest BCUT2D eigenvalue weighted by Gasteiger charge is 2.20. The minimum Gasteiger partial charge on any atom is -0.294 e. The third kappa shape index (κ3) is 6.02. The molecule has 0 fully saturated rings. The molecule has 0 amide bonds. The summed E-state index contributed by atoms with van der Waals surface area (Å²) in [5.74, 6) is 3.26. The van der Waals surface area contributed by atoms with Gasteiger partial charge in [0.2, 0.25) is 5.95 Å². The Morgan fingerprint density at radius 3 is 1.18 bits per heavy atom. The highest BCUT2D eigenvalue weighted by atomic mass is 15.2. The van der Waals surface area contributed by atoms with Gasteiger partial charge in [-0.25, -0.2) is 15.0 Å². The van der Waals surface area contributed by atoms with E-state index in [4.69, 9.17) is 24.9 Å². The van der Waals surface area contributed by atoms with Crippen molar-refractivity contribution in [2.75, 3.05) is 0 Å². The van der Waals surface area contributed by atoms with E-state index in [2.05, 4.69) is 124 Å². The van der Waals surface area contributed by atoms with Crippen molar-refractivity contribution in [3.8, 4) is 68.3 Å². The number of hydrogen-bond donors (Lipinski definition) is 0. The largest absolute Gasteiger partial charge is 0.294 e. The van der Waals surface area contributed by atoms with Gasteiger partial charge in [0.1, 0.15) is 5.82 Å². The van der Waals surface area contributed by atoms with Crippen LogP contribution in [0.2, 0.25) is 0 Å². The zero-order valence-electron chi connectivity index (χ0n) is 33.3. The van der Waals surface area contributed by atoms with Crippen molar-refractivity contribution >= 4 is 43.6 Å². The lowest BCUT2D eigenvalue weighted by Gasteiger charge is -2.13. The second-order valence-corrected chi connectivity index (χ2v) is 15.4. The molecule has 12 rings (SSSR count). The zero-order valence-corrected chi connectivity index (χ0v) is 33.3. The predicted molar refractivity (Wildman–Crippen MR) is 251 cm³/mol. The summed E-state index contributed by atoms with van der Waals surface area (Å²) in [6, 6.07) is 73.4. The van der Waals surface area contributed by atoms with E-state index < -0.39 is 0 Å². The van der Waals surface area contributed by atoms with Crippen LogP contribution in [0.25, 0.3) is 112 Å². The van der Waals surface area contributed by atoms with Gasteiger partial charge in [-0.15, -0.1) is 0 Å². The van der Waals surface area contributed by atoms with Crippen LogP contribution in [-0.4, -0.2) is 34.1 Å². The van der Waals surface area contributed by atoms with Crippen LogP contribution in [0.15, 0.2) is 212 Å². The Balaban J connectivity index is 1.08. The van der Waals surface area contributed by atoms with Gasteiger partial charge >= 0.3 is 0 Å². The number of aromatic nitrogens is 7. The first-order valence-electron chi connectivity index (χ1n) is 20.7. The van der Waals surface area contributed by atoms with Gasteiger partial charge in [0.05, 0.1) is 27.8 Å². The molecule has 4 aromatic heterocycles. The Morgan fingerprint density at radius 2 is 0.661 bits per heavy atom. The molecule has 0 N–H and O–H groups in total. The van der Waals surface area contributed by atoms with Crippen LogP contribution in [0, 0.1) is 0 Å². The second kappa shape index (κ2) is 14.6. The molecule has 8 aromatic carbocycles. The summed E-state index contributed by atoms with van der Waals surface area (Å²) >= 11 is 0. The van der Waals surface area contributed by atoms with Crippen LogP contribution in [0.4, 0.5) is 0 Å². The maximum absolute atomic E-state index is 5.27. The SMILES string of the molecule is c1ccc(-c2cc(-n3c4ccccc4c4ccc(-c5ccc6c7ccccc7n(-c7nc(-c8ccccc8)nc(-c8ccccc8)n7)c6c5)cc43)nc(-c3ccccc3)n2)cc1. The van der Waals surface area contributed by atoms with E-state index in [1.54, 1.807) is 0 Å². The summed E-state index contributed by atoms with van der Waals surface area (Å²) in [5.41, 5.74) is 11.0. The van der Waals surface area contributed by atoms with Crippen LogP contribution < -0.4 is 0 Å². The lowest BCUT2D eigenvalue weighted by molar-refractivity contribution is 0.953. The molecule has 0 spiro atoms. The maximum Gasteiger partial charge on any atom is 0.238 e. The molecule has 0 saturated carbocycles. The van der Waals surface area contributed by atoms with Crippen molar-refractivity contribution in [1.82, 2.24) is 34.1 Å². The van der Waals surface area contributed by atoms with Gasteiger partial charge in [-0.1, -0.05) is 182 Å². The smallest absolute Gasteiger partial charge is 0.238 e. The van der Waals surface area contributed by atoms with E-state index in [1.807, 2.05) is 97.1 Å². The second-order valence-electron chi connectivity index (χ2n) is 15.4. The van der Waals surface area contributed by atoms with Gasteiger partial charge < -0.3 is 0 Å². The van der Waals surface area contributed by atoms with Crippen molar-refractivity contribution in [2.45, 2.75) is 0 Å². The van der Waals surface area contributed by atoms with E-state index >= 15 is 0 Å². The van der Waals surface area contributed by atoms with E-state index in [-0.39, 0.29) is 0 Å². The molecule has 0 saturated heterocycles. The molecule has 0 aliphatic rings. The monoisotopic (exact) mass is 793 g/mol. The molecule has 12 aromatic rings. The van der Waals surface area contributed by atoms with Crippen LogP contribution >= 0.6 is 0 Å². The molecule has 7 nitrogen and oxygen atoms in total. The van der Waals surface area contributed by atoms with Gasteiger partial charge in [-0.2, -0.15) is 9.97 Å². The zero-order chi connectivity index (χ0) is 41.0. The first-order valence-corrected chi connectivity index (χ1v) is 20.7. The fourth-order valence-corrected chi connectivity index (χ4v) is 8.68. The van der Waals surface area contributed by atoms with Gasteiger partial charge in [-0.05, 0) is 35.4 Å². The van der Waals surface area contributed by atoms with E-state index in [0.717, 1.165) is 88.5 Å². The van der Waals surface area contributed by atoms with Crippen LogP contribution in [0.5, 0.6) is 0 Å². The highest BCUT2D eigenvalue weighted by Crippen LogP contribution is 2.39. The molecule has 0 radical (unpaired) electrons. The average molecular weight is 794 g/mol. The molecule has 0 atom stereocenters. The third-order valence-electron chi connectivity index (χ3n) is 11.6. The van der Waals surface area contributed by atoms with Crippen molar-refractivity contribution in [3.05, 3.63) is 212 Å². The molecule has 290 valence electrons. The molecule has 62 heavy (non-hydrogen) atoms. The lowest BCUT2D eigenvalue weighted by atomic mass is 10.0. The Bertz CT molecular complexity index is 3260. The number of nitrogens with zero attached hydrogens (tertiary/aromatic N) is 7. The summed E-state index contributed by atoms with van der Waals surface area (Å²) in [7, 11) is 0. The molecular weight excluding hydrogens is 759 g/mol. The first-order chi connectivity index (χ1) is 30.7. The molecule has 0 aliphatic carbocycles. The lowest BCUT2D eigenvalue weighted by Crippen LogP contribution is -2.06. The average Bonchev–Trinajstić information content (AvgIpc) is 3.87. The number of hydrogen-bond acceptors (Lipinski definition) is 5. The Hall–Kier alpha value is -8.55. The minimum absolute atomic E-state index is 0.559. The van der Waals surface area contributed by atoms with Gasteiger partial charge in [-0.3, -0.25) is 9.13 Å².